The summed E-state index contributed by atoms with van der Waals surface area (Å²) < 4.78 is 0. The van der Waals surface area contributed by atoms with Crippen molar-refractivity contribution in [1.29, 1.82) is 0 Å². The number of hydrogen-bond donors (Lipinski definition) is 1. The molecule has 1 N–H and O–H groups in total. The van der Waals surface area contributed by atoms with E-state index in [0.717, 1.165) is 0 Å². The van der Waals surface area contributed by atoms with Crippen molar-refractivity contribution in [2.24, 2.45) is 4.99 Å². The van der Waals surface area contributed by atoms with E-state index in [1.165, 1.54) is 0 Å². The second-order valence-electron chi connectivity index (χ2n) is 2.70. The Balaban J connectivity index is 2.51. The number of carbonyl (C=O) groups is 2. The molecule has 0 saturated carbocycles. The third-order valence-corrected chi connectivity index (χ3v) is 2.11. The Kier molecular flexibility index (Phi) is 2.05. The number of imide groups is 1. The molecule has 0 saturated heterocycles. The fraction of sp³-hybridized carbons (Fsp3) is 0. The first-order valence-electron chi connectivity index (χ1n) is 3.87. The number of hydrogen-bond acceptors (Lipinski definition) is 2. The van der Waals surface area contributed by atoms with Gasteiger partial charge >= 0.3 is 6.03 Å². The van der Waals surface area contributed by atoms with Crippen LogP contribution in [0.4, 0.5) is 4.79 Å². The minimum atomic E-state index is -0.648. The molecule has 1 aliphatic heterocycles. The largest absolute Gasteiger partial charge is 0.348 e. The first-order valence-corrected chi connectivity index (χ1v) is 4.25. The summed E-state index contributed by atoms with van der Waals surface area (Å²) in [6, 6.07) is 6.08. The summed E-state index contributed by atoms with van der Waals surface area (Å²) in [5.41, 5.74) is 0.540. The summed E-state index contributed by atoms with van der Waals surface area (Å²) in [6.07, 6.45) is 0. The summed E-state index contributed by atoms with van der Waals surface area (Å²) in [4.78, 5) is 25.5. The number of halogens is 1. The highest BCUT2D eigenvalue weighted by Gasteiger charge is 2.25. The van der Waals surface area contributed by atoms with E-state index in [2.05, 4.69) is 10.3 Å². The van der Waals surface area contributed by atoms with Crippen LogP contribution in [0, 0.1) is 0 Å². The van der Waals surface area contributed by atoms with Crippen LogP contribution >= 0.6 is 11.6 Å². The Morgan fingerprint density at radius 2 is 1.93 bits per heavy atom. The minimum Gasteiger partial charge on any atom is -0.271 e. The molecule has 4 nitrogen and oxygen atoms in total. The summed E-state index contributed by atoms with van der Waals surface area (Å²) >= 11 is 5.85. The van der Waals surface area contributed by atoms with E-state index in [1.54, 1.807) is 24.3 Å². The average molecular weight is 209 g/mol. The van der Waals surface area contributed by atoms with Crippen molar-refractivity contribution >= 4 is 29.3 Å². The molecule has 14 heavy (non-hydrogen) atoms. The molecule has 1 aromatic rings. The Morgan fingerprint density at radius 1 is 1.21 bits per heavy atom. The first kappa shape index (κ1) is 8.90. The van der Waals surface area contributed by atoms with Crippen molar-refractivity contribution < 1.29 is 9.59 Å². The normalized spacial score (nSPS) is 15.4. The predicted octanol–water partition coefficient (Wildman–Crippen LogP) is 1.38. The molecule has 0 atom stereocenters. The van der Waals surface area contributed by atoms with E-state index in [-0.39, 0.29) is 5.71 Å². The van der Waals surface area contributed by atoms with Crippen molar-refractivity contribution in [2.75, 3.05) is 0 Å². The SMILES string of the molecule is O=C1N=C(c2ccccc2Cl)C(=O)N1. The summed E-state index contributed by atoms with van der Waals surface area (Å²) in [7, 11) is 0. The van der Waals surface area contributed by atoms with Gasteiger partial charge in [-0.25, -0.2) is 4.79 Å². The molecule has 3 amide bonds. The molecule has 1 aliphatic rings. The minimum absolute atomic E-state index is 0.0700. The van der Waals surface area contributed by atoms with Crippen LogP contribution in [0.15, 0.2) is 29.3 Å². The smallest absolute Gasteiger partial charge is 0.271 e. The Hall–Kier alpha value is -1.68. The Labute approximate surface area is 84.6 Å². The molecule has 0 radical (unpaired) electrons. The second-order valence-corrected chi connectivity index (χ2v) is 3.11. The van der Waals surface area contributed by atoms with Crippen LogP contribution in [0.3, 0.4) is 0 Å². The topological polar surface area (TPSA) is 58.5 Å². The number of amides is 3. The number of benzene rings is 1. The molecule has 0 spiro atoms. The van der Waals surface area contributed by atoms with Gasteiger partial charge in [-0.05, 0) is 6.07 Å². The number of rotatable bonds is 1. The fourth-order valence-electron chi connectivity index (χ4n) is 1.17. The van der Waals surface area contributed by atoms with Crippen LogP contribution in [0.1, 0.15) is 5.56 Å². The van der Waals surface area contributed by atoms with Crippen molar-refractivity contribution in [3.63, 3.8) is 0 Å². The van der Waals surface area contributed by atoms with E-state index in [9.17, 15) is 9.59 Å². The van der Waals surface area contributed by atoms with Crippen LogP contribution in [-0.4, -0.2) is 17.6 Å². The van der Waals surface area contributed by atoms with Gasteiger partial charge in [0.1, 0.15) is 5.71 Å². The summed E-state index contributed by atoms with van der Waals surface area (Å²) in [5.74, 6) is -0.511. The summed E-state index contributed by atoms with van der Waals surface area (Å²) in [5, 5.41) is 2.45. The van der Waals surface area contributed by atoms with Gasteiger partial charge in [0.2, 0.25) is 0 Å². The zero-order chi connectivity index (χ0) is 10.1. The van der Waals surface area contributed by atoms with Gasteiger partial charge in [0.05, 0.1) is 5.02 Å². The third-order valence-electron chi connectivity index (χ3n) is 1.78. The van der Waals surface area contributed by atoms with Crippen molar-refractivity contribution in [2.45, 2.75) is 0 Å². The molecule has 1 heterocycles. The van der Waals surface area contributed by atoms with Crippen LogP contribution in [0.2, 0.25) is 5.02 Å². The molecule has 0 aromatic heterocycles. The molecule has 0 aliphatic carbocycles. The van der Waals surface area contributed by atoms with E-state index in [1.807, 2.05) is 0 Å². The lowest BCUT2D eigenvalue weighted by Crippen LogP contribution is -2.25. The van der Waals surface area contributed by atoms with E-state index in [0.29, 0.717) is 10.6 Å². The zero-order valence-electron chi connectivity index (χ0n) is 6.95. The number of carbonyl (C=O) groups excluding carboxylic acids is 2. The highest BCUT2D eigenvalue weighted by Crippen LogP contribution is 2.17. The molecule has 0 bridgehead atoms. The maximum absolute atomic E-state index is 11.2. The average Bonchev–Trinajstić information content (AvgIpc) is 2.46. The van der Waals surface area contributed by atoms with Crippen molar-refractivity contribution in [1.82, 2.24) is 5.32 Å². The van der Waals surface area contributed by atoms with E-state index >= 15 is 0 Å². The zero-order valence-corrected chi connectivity index (χ0v) is 7.71. The predicted molar refractivity (Wildman–Crippen MR) is 51.5 cm³/mol. The molecular formula is C9H5ClN2O2. The van der Waals surface area contributed by atoms with E-state index < -0.39 is 11.9 Å². The lowest BCUT2D eigenvalue weighted by molar-refractivity contribution is -0.113. The van der Waals surface area contributed by atoms with Gasteiger partial charge in [-0.1, -0.05) is 29.8 Å². The van der Waals surface area contributed by atoms with E-state index in [4.69, 9.17) is 11.6 Å². The Morgan fingerprint density at radius 3 is 2.50 bits per heavy atom. The monoisotopic (exact) mass is 208 g/mol. The second kappa shape index (κ2) is 3.23. The lowest BCUT2D eigenvalue weighted by Gasteiger charge is -1.99. The van der Waals surface area contributed by atoms with Gasteiger partial charge in [-0.3, -0.25) is 10.1 Å². The maximum Gasteiger partial charge on any atom is 0.348 e. The van der Waals surface area contributed by atoms with Crippen LogP contribution in [0.5, 0.6) is 0 Å². The quantitative estimate of drug-likeness (QED) is 0.758. The number of nitrogens with one attached hydrogen (secondary N) is 1. The molecule has 1 aromatic carbocycles. The highest BCUT2D eigenvalue weighted by molar-refractivity contribution is 6.54. The maximum atomic E-state index is 11.2. The van der Waals surface area contributed by atoms with Crippen LogP contribution in [0.25, 0.3) is 0 Å². The molecule has 0 unspecified atom stereocenters. The molecule has 5 heteroatoms. The van der Waals surface area contributed by atoms with Crippen molar-refractivity contribution in [3.05, 3.63) is 34.9 Å². The highest BCUT2D eigenvalue weighted by atomic mass is 35.5. The first-order chi connectivity index (χ1) is 6.68. The molecule has 2 rings (SSSR count). The van der Waals surface area contributed by atoms with Crippen LogP contribution in [-0.2, 0) is 4.79 Å². The van der Waals surface area contributed by atoms with Gasteiger partial charge in [-0.15, -0.1) is 0 Å². The summed E-state index contributed by atoms with van der Waals surface area (Å²) in [6.45, 7) is 0. The van der Waals surface area contributed by atoms with Crippen LogP contribution < -0.4 is 5.32 Å². The Bertz CT molecular complexity index is 454. The number of aliphatic imine (C=N–C) groups is 1. The molecule has 70 valence electrons. The third kappa shape index (κ3) is 1.40. The van der Waals surface area contributed by atoms with Gasteiger partial charge in [0.15, 0.2) is 0 Å². The number of urea groups is 1. The number of nitrogens with zero attached hydrogens (tertiary/aromatic N) is 1. The van der Waals surface area contributed by atoms with Gasteiger partial charge in [0, 0.05) is 5.56 Å². The standard InChI is InChI=1S/C9H5ClN2O2/c10-6-4-2-1-3-5(6)7-8(13)12-9(14)11-7/h1-4H,(H,12,13,14). The molecular weight excluding hydrogens is 204 g/mol. The van der Waals surface area contributed by atoms with Gasteiger partial charge < -0.3 is 0 Å². The lowest BCUT2D eigenvalue weighted by atomic mass is 10.1. The fourth-order valence-corrected chi connectivity index (χ4v) is 1.40. The van der Waals surface area contributed by atoms with Crippen molar-refractivity contribution in [3.8, 4) is 0 Å². The van der Waals surface area contributed by atoms with Gasteiger partial charge in [0.25, 0.3) is 5.91 Å². The molecule has 0 fully saturated rings. The van der Waals surface area contributed by atoms with Gasteiger partial charge in [-0.2, -0.15) is 4.99 Å².